The Labute approximate surface area is 155 Å². The van der Waals surface area contributed by atoms with E-state index >= 15 is 0 Å². The number of halogens is 1. The van der Waals surface area contributed by atoms with Crippen molar-refractivity contribution >= 4 is 21.8 Å². The third kappa shape index (κ3) is 4.11. The molecule has 1 unspecified atom stereocenters. The van der Waals surface area contributed by atoms with Crippen LogP contribution < -0.4 is 5.32 Å². The number of H-pyrrole nitrogens is 1. The standard InChI is InChI=1S/C18H21BrN4O2/c19-13-3-1-12(2-4-13)16-9-17(22-21-16)18(24)20-10-15-11-23(7-8-25-15)14-5-6-14/h1-4,9,14-15H,5-8,10-11H2,(H,20,24)(H,21,22). The van der Waals surface area contributed by atoms with Gasteiger partial charge in [-0.25, -0.2) is 0 Å². The van der Waals surface area contributed by atoms with Crippen molar-refractivity contribution in [2.75, 3.05) is 26.2 Å². The number of aromatic nitrogens is 2. The molecule has 2 heterocycles. The summed E-state index contributed by atoms with van der Waals surface area (Å²) in [5, 5.41) is 10.0. The second-order valence-electron chi connectivity index (χ2n) is 6.60. The van der Waals surface area contributed by atoms with Crippen LogP contribution in [0.5, 0.6) is 0 Å². The van der Waals surface area contributed by atoms with E-state index in [0.29, 0.717) is 12.2 Å². The van der Waals surface area contributed by atoms with Crippen LogP contribution in [0.3, 0.4) is 0 Å². The van der Waals surface area contributed by atoms with Gasteiger partial charge in [-0.05, 0) is 31.0 Å². The lowest BCUT2D eigenvalue weighted by Gasteiger charge is -2.33. The molecule has 0 spiro atoms. The first-order chi connectivity index (χ1) is 12.2. The van der Waals surface area contributed by atoms with E-state index in [2.05, 4.69) is 36.3 Å². The highest BCUT2D eigenvalue weighted by Crippen LogP contribution is 2.28. The smallest absolute Gasteiger partial charge is 0.269 e. The Morgan fingerprint density at radius 3 is 2.92 bits per heavy atom. The average Bonchev–Trinajstić information content (AvgIpc) is 3.38. The summed E-state index contributed by atoms with van der Waals surface area (Å²) in [6.07, 6.45) is 2.66. The van der Waals surface area contributed by atoms with E-state index < -0.39 is 0 Å². The van der Waals surface area contributed by atoms with Gasteiger partial charge in [0.2, 0.25) is 0 Å². The van der Waals surface area contributed by atoms with Crippen molar-refractivity contribution in [1.82, 2.24) is 20.4 Å². The Morgan fingerprint density at radius 1 is 1.36 bits per heavy atom. The number of nitrogens with one attached hydrogen (secondary N) is 2. The van der Waals surface area contributed by atoms with Gasteiger partial charge < -0.3 is 10.1 Å². The van der Waals surface area contributed by atoms with Gasteiger partial charge in [0.1, 0.15) is 5.69 Å². The van der Waals surface area contributed by atoms with Gasteiger partial charge in [-0.2, -0.15) is 5.10 Å². The first-order valence-electron chi connectivity index (χ1n) is 8.64. The van der Waals surface area contributed by atoms with E-state index in [1.165, 1.54) is 12.8 Å². The van der Waals surface area contributed by atoms with Gasteiger partial charge >= 0.3 is 0 Å². The summed E-state index contributed by atoms with van der Waals surface area (Å²) >= 11 is 3.41. The Bertz CT molecular complexity index is 742. The monoisotopic (exact) mass is 404 g/mol. The van der Waals surface area contributed by atoms with E-state index in [-0.39, 0.29) is 12.0 Å². The fraction of sp³-hybridized carbons (Fsp3) is 0.444. The van der Waals surface area contributed by atoms with Gasteiger partial charge in [0.15, 0.2) is 0 Å². The summed E-state index contributed by atoms with van der Waals surface area (Å²) in [4.78, 5) is 14.8. The summed E-state index contributed by atoms with van der Waals surface area (Å²) in [7, 11) is 0. The number of amides is 1. The number of carbonyl (C=O) groups excluding carboxylic acids is 1. The van der Waals surface area contributed by atoms with Gasteiger partial charge in [0.05, 0.1) is 18.4 Å². The molecule has 1 saturated heterocycles. The molecule has 7 heteroatoms. The molecular formula is C18H21BrN4O2. The normalized spacial score (nSPS) is 21.2. The average molecular weight is 405 g/mol. The summed E-state index contributed by atoms with van der Waals surface area (Å²) in [6, 6.07) is 10.3. The predicted octanol–water partition coefficient (Wildman–Crippen LogP) is 2.43. The van der Waals surface area contributed by atoms with Crippen LogP contribution in [0.4, 0.5) is 0 Å². The highest BCUT2D eigenvalue weighted by Gasteiger charge is 2.33. The number of carbonyl (C=O) groups is 1. The van der Waals surface area contributed by atoms with Gasteiger partial charge in [-0.3, -0.25) is 14.8 Å². The van der Waals surface area contributed by atoms with Crippen molar-refractivity contribution in [2.45, 2.75) is 25.0 Å². The number of hydrogen-bond acceptors (Lipinski definition) is 4. The third-order valence-electron chi connectivity index (χ3n) is 4.69. The fourth-order valence-corrected chi connectivity index (χ4v) is 3.41. The summed E-state index contributed by atoms with van der Waals surface area (Å²) in [5.74, 6) is -0.150. The molecule has 4 rings (SSSR count). The van der Waals surface area contributed by atoms with Crippen LogP contribution in [0.15, 0.2) is 34.8 Å². The molecule has 2 aliphatic rings. The topological polar surface area (TPSA) is 70.2 Å². The molecular weight excluding hydrogens is 384 g/mol. The van der Waals surface area contributed by atoms with Gasteiger partial charge in [-0.15, -0.1) is 0 Å². The first-order valence-corrected chi connectivity index (χ1v) is 9.43. The predicted molar refractivity (Wildman–Crippen MR) is 98.4 cm³/mol. The van der Waals surface area contributed by atoms with Gasteiger partial charge in [0.25, 0.3) is 5.91 Å². The van der Waals surface area contributed by atoms with Crippen LogP contribution in [0.25, 0.3) is 11.3 Å². The number of aromatic amines is 1. The Balaban J connectivity index is 1.33. The van der Waals surface area contributed by atoms with E-state index in [1.807, 2.05) is 24.3 Å². The molecule has 1 aliphatic carbocycles. The van der Waals surface area contributed by atoms with Crippen LogP contribution in [0, 0.1) is 0 Å². The Hall–Kier alpha value is -1.70. The molecule has 2 fully saturated rings. The number of benzene rings is 1. The minimum atomic E-state index is -0.150. The van der Waals surface area contributed by atoms with Crippen molar-refractivity contribution in [3.8, 4) is 11.3 Å². The summed E-state index contributed by atoms with van der Waals surface area (Å²) in [5.41, 5.74) is 2.19. The fourth-order valence-electron chi connectivity index (χ4n) is 3.15. The quantitative estimate of drug-likeness (QED) is 0.802. The zero-order valence-electron chi connectivity index (χ0n) is 13.9. The molecule has 2 N–H and O–H groups in total. The lowest BCUT2D eigenvalue weighted by molar-refractivity contribution is -0.0293. The molecule has 1 aromatic carbocycles. The number of morpholine rings is 1. The molecule has 6 nitrogen and oxygen atoms in total. The zero-order chi connectivity index (χ0) is 17.2. The minimum absolute atomic E-state index is 0.0622. The van der Waals surface area contributed by atoms with Crippen LogP contribution in [0.1, 0.15) is 23.3 Å². The van der Waals surface area contributed by atoms with Crippen LogP contribution in [-0.4, -0.2) is 59.4 Å². The summed E-state index contributed by atoms with van der Waals surface area (Å²) < 4.78 is 6.78. The van der Waals surface area contributed by atoms with Crippen molar-refractivity contribution in [2.24, 2.45) is 0 Å². The molecule has 132 valence electrons. The van der Waals surface area contributed by atoms with E-state index in [9.17, 15) is 4.79 Å². The van der Waals surface area contributed by atoms with Crippen molar-refractivity contribution in [3.63, 3.8) is 0 Å². The van der Waals surface area contributed by atoms with Crippen molar-refractivity contribution < 1.29 is 9.53 Å². The van der Waals surface area contributed by atoms with Crippen molar-refractivity contribution in [1.29, 1.82) is 0 Å². The molecule has 1 saturated carbocycles. The molecule has 0 radical (unpaired) electrons. The molecule has 2 aromatic rings. The Morgan fingerprint density at radius 2 is 2.16 bits per heavy atom. The van der Waals surface area contributed by atoms with Gasteiger partial charge in [-0.1, -0.05) is 28.1 Å². The molecule has 1 amide bonds. The second-order valence-corrected chi connectivity index (χ2v) is 7.52. The van der Waals surface area contributed by atoms with Crippen LogP contribution in [0.2, 0.25) is 0 Å². The molecule has 25 heavy (non-hydrogen) atoms. The SMILES string of the molecule is O=C(NCC1CN(C2CC2)CCO1)c1cc(-c2ccc(Br)cc2)n[nH]1. The maximum atomic E-state index is 12.4. The number of ether oxygens (including phenoxy) is 1. The molecule has 1 aromatic heterocycles. The number of rotatable bonds is 5. The maximum absolute atomic E-state index is 12.4. The van der Waals surface area contributed by atoms with E-state index in [1.54, 1.807) is 6.07 Å². The minimum Gasteiger partial charge on any atom is -0.374 e. The van der Waals surface area contributed by atoms with E-state index in [0.717, 1.165) is 41.5 Å². The van der Waals surface area contributed by atoms with Crippen LogP contribution in [-0.2, 0) is 4.74 Å². The number of hydrogen-bond donors (Lipinski definition) is 2. The first kappa shape index (κ1) is 16.8. The maximum Gasteiger partial charge on any atom is 0.269 e. The second kappa shape index (κ2) is 7.27. The largest absolute Gasteiger partial charge is 0.374 e. The molecule has 1 aliphatic heterocycles. The zero-order valence-corrected chi connectivity index (χ0v) is 15.5. The van der Waals surface area contributed by atoms with Crippen molar-refractivity contribution in [3.05, 3.63) is 40.5 Å². The van der Waals surface area contributed by atoms with Crippen LogP contribution >= 0.6 is 15.9 Å². The summed E-state index contributed by atoms with van der Waals surface area (Å²) in [6.45, 7) is 3.17. The lowest BCUT2D eigenvalue weighted by atomic mass is 10.1. The lowest BCUT2D eigenvalue weighted by Crippen LogP contribution is -2.48. The third-order valence-corrected chi connectivity index (χ3v) is 5.21. The highest BCUT2D eigenvalue weighted by molar-refractivity contribution is 9.10. The Kier molecular flexibility index (Phi) is 4.87. The molecule has 1 atom stereocenters. The highest BCUT2D eigenvalue weighted by atomic mass is 79.9. The molecule has 0 bridgehead atoms. The van der Waals surface area contributed by atoms with E-state index in [4.69, 9.17) is 4.74 Å². The van der Waals surface area contributed by atoms with Gasteiger partial charge in [0, 0.05) is 35.7 Å². The number of nitrogens with zero attached hydrogens (tertiary/aromatic N) is 2.